The van der Waals surface area contributed by atoms with E-state index in [-0.39, 0.29) is 36.5 Å². The number of guanidine groups is 1. The summed E-state index contributed by atoms with van der Waals surface area (Å²) in [5, 5.41) is 6.36. The van der Waals surface area contributed by atoms with Crippen molar-refractivity contribution in [1.29, 1.82) is 0 Å². The highest BCUT2D eigenvalue weighted by Crippen LogP contribution is 2.32. The summed E-state index contributed by atoms with van der Waals surface area (Å²) in [6.45, 7) is 2.34. The van der Waals surface area contributed by atoms with Crippen LogP contribution in [0.4, 0.5) is 13.2 Å². The lowest BCUT2D eigenvalue weighted by Crippen LogP contribution is -2.36. The van der Waals surface area contributed by atoms with Gasteiger partial charge in [-0.3, -0.25) is 0 Å². The zero-order valence-corrected chi connectivity index (χ0v) is 18.6. The van der Waals surface area contributed by atoms with Crippen LogP contribution >= 0.6 is 24.0 Å². The second-order valence-corrected chi connectivity index (χ2v) is 6.29. The van der Waals surface area contributed by atoms with Gasteiger partial charge in [-0.2, -0.15) is 13.2 Å². The maximum atomic E-state index is 12.3. The van der Waals surface area contributed by atoms with Gasteiger partial charge in [-0.1, -0.05) is 18.2 Å². The third-order valence-electron chi connectivity index (χ3n) is 3.96. The van der Waals surface area contributed by atoms with Crippen molar-refractivity contribution in [1.82, 2.24) is 10.6 Å². The van der Waals surface area contributed by atoms with Crippen molar-refractivity contribution < 1.29 is 27.4 Å². The normalized spacial score (nSPS) is 12.9. The van der Waals surface area contributed by atoms with Crippen molar-refractivity contribution in [3.63, 3.8) is 0 Å². The van der Waals surface area contributed by atoms with E-state index in [1.807, 2.05) is 25.1 Å². The fourth-order valence-corrected chi connectivity index (χ4v) is 2.65. The molecule has 2 aromatic carbocycles. The Morgan fingerprint density at radius 1 is 1.07 bits per heavy atom. The monoisotopic (exact) mass is 537 g/mol. The van der Waals surface area contributed by atoms with Crippen LogP contribution in [0.25, 0.3) is 0 Å². The largest absolute Gasteiger partial charge is 0.484 e. The lowest BCUT2D eigenvalue weighted by atomic mass is 10.2. The molecule has 0 aliphatic carbocycles. The minimum Gasteiger partial charge on any atom is -0.484 e. The Balaban J connectivity index is 0.00000320. The Hall–Kier alpha value is -2.37. The molecule has 2 N–H and O–H groups in total. The molecule has 164 valence electrons. The van der Waals surface area contributed by atoms with Crippen LogP contribution in [0, 0.1) is 0 Å². The van der Waals surface area contributed by atoms with E-state index in [4.69, 9.17) is 14.2 Å². The Morgan fingerprint density at radius 3 is 2.63 bits per heavy atom. The summed E-state index contributed by atoms with van der Waals surface area (Å²) >= 11 is 0. The fourth-order valence-electron chi connectivity index (χ4n) is 2.65. The maximum Gasteiger partial charge on any atom is 0.422 e. The van der Waals surface area contributed by atoms with Crippen LogP contribution in [0.1, 0.15) is 18.1 Å². The Kier molecular flexibility index (Phi) is 8.88. The molecule has 0 spiro atoms. The highest BCUT2D eigenvalue weighted by atomic mass is 127. The molecule has 1 heterocycles. The Morgan fingerprint density at radius 2 is 1.87 bits per heavy atom. The van der Waals surface area contributed by atoms with Gasteiger partial charge in [-0.15, -0.1) is 24.0 Å². The topological polar surface area (TPSA) is 64.1 Å². The Labute approximate surface area is 189 Å². The molecule has 0 saturated heterocycles. The van der Waals surface area contributed by atoms with Gasteiger partial charge in [0.25, 0.3) is 0 Å². The molecule has 10 heteroatoms. The predicted molar refractivity (Wildman–Crippen MR) is 118 cm³/mol. The number of alkyl halides is 3. The van der Waals surface area contributed by atoms with Crippen molar-refractivity contribution in [2.24, 2.45) is 4.99 Å². The smallest absolute Gasteiger partial charge is 0.422 e. The summed E-state index contributed by atoms with van der Waals surface area (Å²) in [4.78, 5) is 4.48. The molecule has 0 bridgehead atoms. The van der Waals surface area contributed by atoms with Gasteiger partial charge in [0.15, 0.2) is 24.1 Å². The first kappa shape index (κ1) is 23.9. The molecule has 3 rings (SSSR count). The number of ether oxygens (including phenoxy) is 3. The molecule has 0 radical (unpaired) electrons. The molecule has 30 heavy (non-hydrogen) atoms. The van der Waals surface area contributed by atoms with Crippen LogP contribution in [0.3, 0.4) is 0 Å². The molecule has 1 aliphatic heterocycles. The fraction of sp³-hybridized carbons (Fsp3) is 0.350. The summed E-state index contributed by atoms with van der Waals surface area (Å²) in [6, 6.07) is 12.2. The van der Waals surface area contributed by atoms with Crippen LogP contribution in [0.2, 0.25) is 0 Å². The first-order chi connectivity index (χ1) is 13.9. The summed E-state index contributed by atoms with van der Waals surface area (Å²) < 4.78 is 52.4. The van der Waals surface area contributed by atoms with Gasteiger partial charge in [0.1, 0.15) is 5.75 Å². The number of benzene rings is 2. The summed E-state index contributed by atoms with van der Waals surface area (Å²) in [5.74, 6) is 2.18. The molecule has 2 aromatic rings. The van der Waals surface area contributed by atoms with Crippen molar-refractivity contribution >= 4 is 29.9 Å². The van der Waals surface area contributed by atoms with E-state index in [0.29, 0.717) is 31.3 Å². The second-order valence-electron chi connectivity index (χ2n) is 6.29. The van der Waals surface area contributed by atoms with Crippen LogP contribution in [-0.4, -0.2) is 32.1 Å². The van der Waals surface area contributed by atoms with Crippen molar-refractivity contribution in [3.8, 4) is 17.2 Å². The first-order valence-corrected chi connectivity index (χ1v) is 9.12. The molecule has 0 fully saturated rings. The highest BCUT2D eigenvalue weighted by Gasteiger charge is 2.28. The molecule has 0 aromatic heterocycles. The zero-order valence-electron chi connectivity index (χ0n) is 16.3. The van der Waals surface area contributed by atoms with E-state index < -0.39 is 12.8 Å². The molecular formula is C20H23F3IN3O3. The van der Waals surface area contributed by atoms with Gasteiger partial charge < -0.3 is 24.8 Å². The van der Waals surface area contributed by atoms with Crippen LogP contribution in [-0.2, 0) is 13.1 Å². The molecular weight excluding hydrogens is 514 g/mol. The number of fused-ring (bicyclic) bond motifs is 1. The number of hydrogen-bond donors (Lipinski definition) is 2. The molecule has 1 aliphatic rings. The lowest BCUT2D eigenvalue weighted by Gasteiger charge is -2.12. The predicted octanol–water partition coefficient (Wildman–Crippen LogP) is 4.23. The summed E-state index contributed by atoms with van der Waals surface area (Å²) in [7, 11) is 0. The highest BCUT2D eigenvalue weighted by molar-refractivity contribution is 14.0. The van der Waals surface area contributed by atoms with E-state index in [0.717, 1.165) is 16.9 Å². The standard InChI is InChI=1S/C20H22F3N3O3.HI/c1-2-24-19(26-11-15-6-7-17-18(9-15)29-13-28-17)25-10-14-4-3-5-16(8-14)27-12-20(21,22)23;/h3-9H,2,10-13H2,1H3,(H2,24,25,26);1H. The van der Waals surface area contributed by atoms with Crippen molar-refractivity contribution in [2.75, 3.05) is 19.9 Å². The summed E-state index contributed by atoms with van der Waals surface area (Å²) in [6.07, 6.45) is -4.37. The molecule has 0 atom stereocenters. The van der Waals surface area contributed by atoms with Crippen LogP contribution < -0.4 is 24.8 Å². The van der Waals surface area contributed by atoms with Crippen molar-refractivity contribution in [2.45, 2.75) is 26.2 Å². The quantitative estimate of drug-likeness (QED) is 0.315. The average Bonchev–Trinajstić information content (AvgIpc) is 3.16. The molecule has 0 amide bonds. The molecule has 6 nitrogen and oxygen atoms in total. The third-order valence-corrected chi connectivity index (χ3v) is 3.96. The van der Waals surface area contributed by atoms with E-state index in [9.17, 15) is 13.2 Å². The van der Waals surface area contributed by atoms with Crippen LogP contribution in [0.5, 0.6) is 17.2 Å². The van der Waals surface area contributed by atoms with Gasteiger partial charge in [-0.25, -0.2) is 4.99 Å². The second kappa shape index (κ2) is 11.1. The number of nitrogens with one attached hydrogen (secondary N) is 2. The lowest BCUT2D eigenvalue weighted by molar-refractivity contribution is -0.153. The zero-order chi connectivity index (χ0) is 20.7. The van der Waals surface area contributed by atoms with Gasteiger partial charge >= 0.3 is 6.18 Å². The Bertz CT molecular complexity index is 863. The number of hydrogen-bond acceptors (Lipinski definition) is 4. The maximum absolute atomic E-state index is 12.3. The van der Waals surface area contributed by atoms with Gasteiger partial charge in [0.05, 0.1) is 6.54 Å². The minimum absolute atomic E-state index is 0. The third kappa shape index (κ3) is 7.47. The molecule has 0 saturated carbocycles. The van der Waals surface area contributed by atoms with E-state index in [1.54, 1.807) is 18.2 Å². The number of rotatable bonds is 7. The van der Waals surface area contributed by atoms with E-state index in [2.05, 4.69) is 15.6 Å². The number of aliphatic imine (C=N–C) groups is 1. The molecule has 0 unspecified atom stereocenters. The summed E-state index contributed by atoms with van der Waals surface area (Å²) in [5.41, 5.74) is 1.74. The van der Waals surface area contributed by atoms with Crippen molar-refractivity contribution in [3.05, 3.63) is 53.6 Å². The SMILES string of the molecule is CCNC(=NCc1cccc(OCC(F)(F)F)c1)NCc1ccc2c(c1)OCO2.I. The van der Waals surface area contributed by atoms with Gasteiger partial charge in [-0.05, 0) is 42.3 Å². The number of halogens is 4. The van der Waals surface area contributed by atoms with E-state index >= 15 is 0 Å². The first-order valence-electron chi connectivity index (χ1n) is 9.12. The van der Waals surface area contributed by atoms with Gasteiger partial charge in [0, 0.05) is 13.1 Å². The number of nitrogens with zero attached hydrogens (tertiary/aromatic N) is 1. The van der Waals surface area contributed by atoms with Gasteiger partial charge in [0.2, 0.25) is 6.79 Å². The minimum atomic E-state index is -4.37. The van der Waals surface area contributed by atoms with E-state index in [1.165, 1.54) is 6.07 Å². The van der Waals surface area contributed by atoms with Crippen LogP contribution in [0.15, 0.2) is 47.5 Å². The average molecular weight is 537 g/mol.